The number of anilines is 1. The smallest absolute Gasteiger partial charge is 0.308 e. The lowest BCUT2D eigenvalue weighted by molar-refractivity contribution is -0.148. The Labute approximate surface area is 161 Å². The first kappa shape index (κ1) is 17.9. The summed E-state index contributed by atoms with van der Waals surface area (Å²) in [5.74, 6) is -0.774. The molecule has 0 N–H and O–H groups in total. The summed E-state index contributed by atoms with van der Waals surface area (Å²) >= 11 is 0. The van der Waals surface area contributed by atoms with Crippen LogP contribution in [0.25, 0.3) is 10.9 Å². The lowest BCUT2D eigenvalue weighted by atomic mass is 10.2. The van der Waals surface area contributed by atoms with E-state index in [9.17, 15) is 14.4 Å². The van der Waals surface area contributed by atoms with Gasteiger partial charge in [0.15, 0.2) is 6.61 Å². The molecule has 0 spiro atoms. The molecule has 2 aromatic carbocycles. The lowest BCUT2D eigenvalue weighted by Crippen LogP contribution is -2.33. The molecule has 2 heterocycles. The van der Waals surface area contributed by atoms with Crippen LogP contribution in [0.3, 0.4) is 0 Å². The molecule has 0 aliphatic carbocycles. The van der Waals surface area contributed by atoms with Crippen LogP contribution in [-0.4, -0.2) is 34.6 Å². The minimum atomic E-state index is -0.527. The van der Waals surface area contributed by atoms with Crippen LogP contribution in [0.2, 0.25) is 0 Å². The van der Waals surface area contributed by atoms with Gasteiger partial charge in [-0.25, -0.2) is 4.98 Å². The number of fused-ring (bicyclic) bond motifs is 2. The van der Waals surface area contributed by atoms with E-state index in [0.29, 0.717) is 17.4 Å². The number of rotatable bonds is 5. The van der Waals surface area contributed by atoms with Crippen molar-refractivity contribution < 1.29 is 14.3 Å². The highest BCUT2D eigenvalue weighted by molar-refractivity contribution is 5.97. The van der Waals surface area contributed by atoms with E-state index in [2.05, 4.69) is 4.98 Å². The van der Waals surface area contributed by atoms with E-state index in [0.717, 1.165) is 17.7 Å². The van der Waals surface area contributed by atoms with E-state index in [4.69, 9.17) is 4.74 Å². The predicted molar refractivity (Wildman–Crippen MR) is 104 cm³/mol. The molecule has 0 bridgehead atoms. The third-order valence-electron chi connectivity index (χ3n) is 4.83. The van der Waals surface area contributed by atoms with Gasteiger partial charge in [0.25, 0.3) is 11.5 Å². The van der Waals surface area contributed by atoms with Crippen molar-refractivity contribution in [3.63, 3.8) is 0 Å². The first-order valence-electron chi connectivity index (χ1n) is 9.11. The van der Waals surface area contributed by atoms with Crippen LogP contribution < -0.4 is 10.5 Å². The fourth-order valence-electron chi connectivity index (χ4n) is 3.37. The molecule has 28 heavy (non-hydrogen) atoms. The van der Waals surface area contributed by atoms with E-state index < -0.39 is 5.97 Å². The van der Waals surface area contributed by atoms with Crippen molar-refractivity contribution in [1.82, 2.24) is 9.55 Å². The summed E-state index contributed by atoms with van der Waals surface area (Å²) in [4.78, 5) is 42.7. The molecule has 0 atom stereocenters. The van der Waals surface area contributed by atoms with Crippen LogP contribution in [0.1, 0.15) is 12.0 Å². The number of hydrogen-bond donors (Lipinski definition) is 0. The molecule has 1 aliphatic rings. The maximum Gasteiger partial charge on any atom is 0.308 e. The largest absolute Gasteiger partial charge is 0.455 e. The topological polar surface area (TPSA) is 81.5 Å². The molecule has 4 rings (SSSR count). The van der Waals surface area contributed by atoms with Gasteiger partial charge in [-0.05, 0) is 30.2 Å². The quantitative estimate of drug-likeness (QED) is 0.635. The van der Waals surface area contributed by atoms with Crippen molar-refractivity contribution in [1.29, 1.82) is 0 Å². The Morgan fingerprint density at radius 1 is 1.07 bits per heavy atom. The SMILES string of the molecule is O=C(CCn1cnc2ccccc2c1=O)OCC(=O)N1CCc2ccccc21. The number of carbonyl (C=O) groups excluding carboxylic acids is 2. The molecule has 7 heteroatoms. The molecule has 0 fully saturated rings. The number of amides is 1. The minimum absolute atomic E-state index is 0.0101. The van der Waals surface area contributed by atoms with Gasteiger partial charge in [0, 0.05) is 18.8 Å². The number of esters is 1. The highest BCUT2D eigenvalue weighted by Crippen LogP contribution is 2.27. The van der Waals surface area contributed by atoms with Crippen molar-refractivity contribution >= 4 is 28.5 Å². The second kappa shape index (κ2) is 7.64. The Morgan fingerprint density at radius 2 is 1.86 bits per heavy atom. The van der Waals surface area contributed by atoms with E-state index in [1.165, 1.54) is 10.9 Å². The van der Waals surface area contributed by atoms with Gasteiger partial charge in [-0.15, -0.1) is 0 Å². The van der Waals surface area contributed by atoms with Crippen LogP contribution in [0, 0.1) is 0 Å². The molecule has 1 amide bonds. The first-order valence-corrected chi connectivity index (χ1v) is 9.11. The van der Waals surface area contributed by atoms with Gasteiger partial charge in [0.05, 0.1) is 23.7 Å². The first-order chi connectivity index (χ1) is 13.6. The fraction of sp³-hybridized carbons (Fsp3) is 0.238. The maximum atomic E-state index is 12.4. The zero-order chi connectivity index (χ0) is 19.5. The maximum absolute atomic E-state index is 12.4. The Morgan fingerprint density at radius 3 is 2.75 bits per heavy atom. The third kappa shape index (κ3) is 3.51. The monoisotopic (exact) mass is 377 g/mol. The van der Waals surface area contributed by atoms with Crippen molar-refractivity contribution in [2.45, 2.75) is 19.4 Å². The standard InChI is InChI=1S/C21H19N3O4/c25-19(24-12-9-15-5-1-4-8-18(15)24)13-28-20(26)10-11-23-14-22-17-7-3-2-6-16(17)21(23)27/h1-8,14H,9-13H2. The van der Waals surface area contributed by atoms with Gasteiger partial charge in [0.2, 0.25) is 0 Å². The van der Waals surface area contributed by atoms with Gasteiger partial charge in [-0.3, -0.25) is 19.0 Å². The molecule has 0 saturated carbocycles. The minimum Gasteiger partial charge on any atom is -0.455 e. The average molecular weight is 377 g/mol. The summed E-state index contributed by atoms with van der Waals surface area (Å²) in [6, 6.07) is 14.7. The van der Waals surface area contributed by atoms with Gasteiger partial charge in [-0.2, -0.15) is 0 Å². The molecule has 0 saturated heterocycles. The zero-order valence-corrected chi connectivity index (χ0v) is 15.2. The van der Waals surface area contributed by atoms with Gasteiger partial charge < -0.3 is 9.64 Å². The van der Waals surface area contributed by atoms with E-state index in [1.807, 2.05) is 30.3 Å². The molecule has 1 aliphatic heterocycles. The molecule has 142 valence electrons. The Bertz CT molecular complexity index is 1110. The van der Waals surface area contributed by atoms with E-state index in [-0.39, 0.29) is 31.0 Å². The normalized spacial score (nSPS) is 12.8. The number of hydrogen-bond acceptors (Lipinski definition) is 5. The number of aromatic nitrogens is 2. The second-order valence-electron chi connectivity index (χ2n) is 6.60. The van der Waals surface area contributed by atoms with Crippen LogP contribution in [0.15, 0.2) is 59.7 Å². The van der Waals surface area contributed by atoms with Crippen LogP contribution in [0.4, 0.5) is 5.69 Å². The predicted octanol–water partition coefficient (Wildman–Crippen LogP) is 1.92. The zero-order valence-electron chi connectivity index (χ0n) is 15.2. The van der Waals surface area contributed by atoms with E-state index >= 15 is 0 Å². The Hall–Kier alpha value is -3.48. The molecule has 1 aromatic heterocycles. The number of aryl methyl sites for hydroxylation is 1. The van der Waals surface area contributed by atoms with Gasteiger partial charge in [0.1, 0.15) is 0 Å². The number of ether oxygens (including phenoxy) is 1. The van der Waals surface area contributed by atoms with Crippen molar-refractivity contribution in [3.8, 4) is 0 Å². The average Bonchev–Trinajstić information content (AvgIpc) is 3.16. The Balaban J connectivity index is 1.33. The highest BCUT2D eigenvalue weighted by atomic mass is 16.5. The number of carbonyl (C=O) groups is 2. The third-order valence-corrected chi connectivity index (χ3v) is 4.83. The van der Waals surface area contributed by atoms with Gasteiger partial charge >= 0.3 is 5.97 Å². The van der Waals surface area contributed by atoms with Crippen molar-refractivity contribution in [2.75, 3.05) is 18.1 Å². The van der Waals surface area contributed by atoms with Crippen molar-refractivity contribution in [3.05, 3.63) is 70.8 Å². The molecule has 7 nitrogen and oxygen atoms in total. The molecular weight excluding hydrogens is 358 g/mol. The summed E-state index contributed by atoms with van der Waals surface area (Å²) in [6.07, 6.45) is 2.21. The molecular formula is C21H19N3O4. The van der Waals surface area contributed by atoms with Crippen LogP contribution >= 0.6 is 0 Å². The lowest BCUT2D eigenvalue weighted by Gasteiger charge is -2.17. The summed E-state index contributed by atoms with van der Waals surface area (Å²) in [5.41, 5.74) is 2.40. The van der Waals surface area contributed by atoms with E-state index in [1.54, 1.807) is 23.1 Å². The van der Waals surface area contributed by atoms with Crippen LogP contribution in [-0.2, 0) is 27.3 Å². The number of nitrogens with zero attached hydrogens (tertiary/aromatic N) is 3. The second-order valence-corrected chi connectivity index (χ2v) is 6.60. The fourth-order valence-corrected chi connectivity index (χ4v) is 3.37. The van der Waals surface area contributed by atoms with Crippen molar-refractivity contribution in [2.24, 2.45) is 0 Å². The Kier molecular flexibility index (Phi) is 4.89. The molecule has 0 radical (unpaired) electrons. The van der Waals surface area contributed by atoms with Crippen LogP contribution in [0.5, 0.6) is 0 Å². The summed E-state index contributed by atoms with van der Waals surface area (Å²) in [6.45, 7) is 0.433. The number of para-hydroxylation sites is 2. The summed E-state index contributed by atoms with van der Waals surface area (Å²) in [5, 5.41) is 0.501. The highest BCUT2D eigenvalue weighted by Gasteiger charge is 2.24. The molecule has 0 unspecified atom stereocenters. The summed E-state index contributed by atoms with van der Waals surface area (Å²) < 4.78 is 6.49. The van der Waals surface area contributed by atoms with Gasteiger partial charge in [-0.1, -0.05) is 30.3 Å². The number of benzene rings is 2. The molecule has 3 aromatic rings. The summed E-state index contributed by atoms with van der Waals surface area (Å²) in [7, 11) is 0.